The van der Waals surface area contributed by atoms with E-state index >= 15 is 0 Å². The number of anilines is 1. The van der Waals surface area contributed by atoms with Gasteiger partial charge in [-0.2, -0.15) is 0 Å². The number of aryl methyl sites for hydroxylation is 1. The van der Waals surface area contributed by atoms with Crippen molar-refractivity contribution in [2.45, 2.75) is 25.9 Å². The van der Waals surface area contributed by atoms with Gasteiger partial charge in [0.05, 0.1) is 5.69 Å². The number of nitrogens with one attached hydrogen (secondary N) is 1. The van der Waals surface area contributed by atoms with Crippen molar-refractivity contribution in [3.8, 4) is 0 Å². The summed E-state index contributed by atoms with van der Waals surface area (Å²) in [6.45, 7) is 3.54. The summed E-state index contributed by atoms with van der Waals surface area (Å²) in [4.78, 5) is 11.5. The van der Waals surface area contributed by atoms with Crippen LogP contribution >= 0.6 is 0 Å². The summed E-state index contributed by atoms with van der Waals surface area (Å²) in [6, 6.07) is 5.61. The van der Waals surface area contributed by atoms with Gasteiger partial charge in [-0.15, -0.1) is 0 Å². The molecule has 0 saturated heterocycles. The first-order valence-corrected chi connectivity index (χ1v) is 4.73. The second-order valence-corrected chi connectivity index (χ2v) is 3.72. The van der Waals surface area contributed by atoms with Gasteiger partial charge in [0.1, 0.15) is 0 Å². The van der Waals surface area contributed by atoms with Crippen molar-refractivity contribution in [1.29, 1.82) is 0 Å². The predicted molar refractivity (Wildman–Crippen MR) is 54.0 cm³/mol. The van der Waals surface area contributed by atoms with Crippen LogP contribution in [0.5, 0.6) is 0 Å². The standard InChI is InChI=1S/C11H13NO2/c1-3-7-5-4-6-8-9(7)12-10(13)11(8,2)14/h4-6,14H,3H2,1-2H3,(H,12,13)/t11-/m0/s1. The monoisotopic (exact) mass is 191 g/mol. The summed E-state index contributed by atoms with van der Waals surface area (Å²) < 4.78 is 0. The van der Waals surface area contributed by atoms with E-state index in [0.29, 0.717) is 5.56 Å². The third-order valence-electron chi connectivity index (χ3n) is 2.74. The van der Waals surface area contributed by atoms with Crippen molar-refractivity contribution in [3.05, 3.63) is 29.3 Å². The van der Waals surface area contributed by atoms with Gasteiger partial charge in [0, 0.05) is 5.56 Å². The summed E-state index contributed by atoms with van der Waals surface area (Å²) in [5.41, 5.74) is 1.15. The van der Waals surface area contributed by atoms with Crippen molar-refractivity contribution < 1.29 is 9.90 Å². The highest BCUT2D eigenvalue weighted by Gasteiger charge is 2.41. The number of para-hydroxylation sites is 1. The van der Waals surface area contributed by atoms with Crippen molar-refractivity contribution in [3.63, 3.8) is 0 Å². The Morgan fingerprint density at radius 2 is 2.21 bits per heavy atom. The van der Waals surface area contributed by atoms with Crippen LogP contribution in [0.15, 0.2) is 18.2 Å². The molecule has 1 amide bonds. The van der Waals surface area contributed by atoms with Crippen LogP contribution in [0.4, 0.5) is 5.69 Å². The molecule has 14 heavy (non-hydrogen) atoms. The molecule has 0 radical (unpaired) electrons. The van der Waals surface area contributed by atoms with Gasteiger partial charge in [0.15, 0.2) is 5.60 Å². The Hall–Kier alpha value is -1.35. The van der Waals surface area contributed by atoms with Crippen LogP contribution in [-0.2, 0) is 16.8 Å². The van der Waals surface area contributed by atoms with Crippen LogP contribution in [-0.4, -0.2) is 11.0 Å². The number of hydrogen-bond acceptors (Lipinski definition) is 2. The molecule has 0 saturated carbocycles. The summed E-state index contributed by atoms with van der Waals surface area (Å²) in [7, 11) is 0. The molecular formula is C11H13NO2. The maximum Gasteiger partial charge on any atom is 0.260 e. The number of fused-ring (bicyclic) bond motifs is 1. The molecule has 3 nitrogen and oxygen atoms in total. The molecule has 74 valence electrons. The van der Waals surface area contributed by atoms with E-state index in [1.807, 2.05) is 19.1 Å². The topological polar surface area (TPSA) is 49.3 Å². The summed E-state index contributed by atoms with van der Waals surface area (Å²) in [6.07, 6.45) is 0.847. The fourth-order valence-electron chi connectivity index (χ4n) is 1.81. The molecule has 0 unspecified atom stereocenters. The molecule has 1 aromatic rings. The Morgan fingerprint density at radius 3 is 2.86 bits per heavy atom. The van der Waals surface area contributed by atoms with E-state index in [9.17, 15) is 9.90 Å². The smallest absolute Gasteiger partial charge is 0.260 e. The molecule has 0 bridgehead atoms. The van der Waals surface area contributed by atoms with Gasteiger partial charge in [-0.05, 0) is 18.9 Å². The van der Waals surface area contributed by atoms with Crippen molar-refractivity contribution >= 4 is 11.6 Å². The number of carbonyl (C=O) groups is 1. The maximum absolute atomic E-state index is 11.5. The number of rotatable bonds is 1. The third kappa shape index (κ3) is 1.06. The Kier molecular flexibility index (Phi) is 1.86. The number of benzene rings is 1. The first-order valence-electron chi connectivity index (χ1n) is 4.73. The Bertz CT molecular complexity index is 396. The molecule has 0 aromatic heterocycles. The SMILES string of the molecule is CCc1cccc2c1NC(=O)[C@@]2(C)O. The highest BCUT2D eigenvalue weighted by atomic mass is 16.3. The molecule has 1 heterocycles. The predicted octanol–water partition coefficient (Wildman–Crippen LogP) is 1.41. The van der Waals surface area contributed by atoms with Crippen LogP contribution in [0.2, 0.25) is 0 Å². The second kappa shape index (κ2) is 2.82. The van der Waals surface area contributed by atoms with Crippen molar-refractivity contribution in [2.24, 2.45) is 0 Å². The van der Waals surface area contributed by atoms with Gasteiger partial charge in [0.2, 0.25) is 0 Å². The van der Waals surface area contributed by atoms with Gasteiger partial charge in [0.25, 0.3) is 5.91 Å². The zero-order chi connectivity index (χ0) is 10.3. The minimum atomic E-state index is -1.37. The quantitative estimate of drug-likeness (QED) is 0.705. The lowest BCUT2D eigenvalue weighted by atomic mass is 9.95. The molecule has 2 N–H and O–H groups in total. The van der Waals surface area contributed by atoms with Gasteiger partial charge in [-0.3, -0.25) is 4.79 Å². The molecule has 0 fully saturated rings. The fraction of sp³-hybridized carbons (Fsp3) is 0.364. The molecule has 0 aliphatic carbocycles. The normalized spacial score (nSPS) is 24.6. The van der Waals surface area contributed by atoms with E-state index in [0.717, 1.165) is 17.7 Å². The summed E-state index contributed by atoms with van der Waals surface area (Å²) in [5, 5.41) is 12.6. The fourth-order valence-corrected chi connectivity index (χ4v) is 1.81. The number of aliphatic hydroxyl groups is 1. The van der Waals surface area contributed by atoms with Gasteiger partial charge in [-0.1, -0.05) is 25.1 Å². The minimum absolute atomic E-state index is 0.339. The van der Waals surface area contributed by atoms with E-state index in [-0.39, 0.29) is 5.91 Å². The molecule has 1 aromatic carbocycles. The van der Waals surface area contributed by atoms with Crippen LogP contribution in [0.3, 0.4) is 0 Å². The number of carbonyl (C=O) groups excluding carboxylic acids is 1. The third-order valence-corrected chi connectivity index (χ3v) is 2.74. The first kappa shape index (κ1) is 9.21. The second-order valence-electron chi connectivity index (χ2n) is 3.72. The zero-order valence-corrected chi connectivity index (χ0v) is 8.29. The van der Waals surface area contributed by atoms with Gasteiger partial charge < -0.3 is 10.4 Å². The van der Waals surface area contributed by atoms with Crippen LogP contribution in [0, 0.1) is 0 Å². The highest BCUT2D eigenvalue weighted by molar-refractivity contribution is 6.05. The van der Waals surface area contributed by atoms with Gasteiger partial charge >= 0.3 is 0 Å². The molecule has 1 aliphatic rings. The molecule has 2 rings (SSSR count). The highest BCUT2D eigenvalue weighted by Crippen LogP contribution is 2.37. The lowest BCUT2D eigenvalue weighted by molar-refractivity contribution is -0.131. The maximum atomic E-state index is 11.5. The molecule has 3 heteroatoms. The summed E-state index contributed by atoms with van der Waals surface area (Å²) in [5.74, 6) is -0.339. The average molecular weight is 191 g/mol. The Labute approximate surface area is 82.8 Å². The number of amides is 1. The van der Waals surface area contributed by atoms with Gasteiger partial charge in [-0.25, -0.2) is 0 Å². The first-order chi connectivity index (χ1) is 6.57. The molecular weight excluding hydrogens is 178 g/mol. The average Bonchev–Trinajstić information content (AvgIpc) is 2.39. The van der Waals surface area contributed by atoms with Crippen molar-refractivity contribution in [1.82, 2.24) is 0 Å². The lowest BCUT2D eigenvalue weighted by Gasteiger charge is -2.13. The van der Waals surface area contributed by atoms with E-state index in [4.69, 9.17) is 0 Å². The summed E-state index contributed by atoms with van der Waals surface area (Å²) >= 11 is 0. The molecule has 1 aliphatic heterocycles. The van der Waals surface area contributed by atoms with Crippen LogP contribution in [0.1, 0.15) is 25.0 Å². The number of hydrogen-bond donors (Lipinski definition) is 2. The van der Waals surface area contributed by atoms with E-state index < -0.39 is 5.60 Å². The largest absolute Gasteiger partial charge is 0.375 e. The molecule has 1 atom stereocenters. The van der Waals surface area contributed by atoms with Crippen molar-refractivity contribution in [2.75, 3.05) is 5.32 Å². The minimum Gasteiger partial charge on any atom is -0.375 e. The zero-order valence-electron chi connectivity index (χ0n) is 8.29. The Morgan fingerprint density at radius 1 is 1.50 bits per heavy atom. The van der Waals surface area contributed by atoms with Crippen LogP contribution in [0.25, 0.3) is 0 Å². The Balaban J connectivity index is 2.63. The van der Waals surface area contributed by atoms with E-state index in [1.54, 1.807) is 6.07 Å². The van der Waals surface area contributed by atoms with Crippen LogP contribution < -0.4 is 5.32 Å². The lowest BCUT2D eigenvalue weighted by Crippen LogP contribution is -2.30. The molecule has 0 spiro atoms. The van der Waals surface area contributed by atoms with E-state index in [2.05, 4.69) is 5.32 Å². The van der Waals surface area contributed by atoms with E-state index in [1.165, 1.54) is 6.92 Å².